The number of sulfonamides is 1. The van der Waals surface area contributed by atoms with E-state index in [2.05, 4.69) is 5.32 Å². The Balaban J connectivity index is 2.12. The van der Waals surface area contributed by atoms with Crippen LogP contribution in [0.5, 0.6) is 5.75 Å². The lowest BCUT2D eigenvalue weighted by Crippen LogP contribution is -2.54. The van der Waals surface area contributed by atoms with Gasteiger partial charge in [-0.1, -0.05) is 53.6 Å². The third kappa shape index (κ3) is 8.01. The number of anilines is 1. The number of nitrogens with zero attached hydrogens (tertiary/aromatic N) is 2. The number of ether oxygens (including phenoxy) is 1. The molecule has 2 amide bonds. The highest BCUT2D eigenvalue weighted by Gasteiger charge is 2.34. The Morgan fingerprint density at radius 3 is 2.22 bits per heavy atom. The second-order valence-electron chi connectivity index (χ2n) is 11.0. The van der Waals surface area contributed by atoms with Crippen LogP contribution in [0.2, 0.25) is 5.02 Å². The summed E-state index contributed by atoms with van der Waals surface area (Å²) in [6.45, 7) is 10.5. The van der Waals surface area contributed by atoms with Gasteiger partial charge >= 0.3 is 0 Å². The Kier molecular flexibility index (Phi) is 10.1. The zero-order valence-electron chi connectivity index (χ0n) is 24.6. The molecule has 1 N–H and O–H groups in total. The average molecular weight is 600 g/mol. The maximum absolute atomic E-state index is 14.1. The highest BCUT2D eigenvalue weighted by Crippen LogP contribution is 2.35. The first-order valence-corrected chi connectivity index (χ1v) is 15.0. The van der Waals surface area contributed by atoms with Crippen molar-refractivity contribution >= 4 is 39.1 Å². The number of carbonyl (C=O) groups is 2. The van der Waals surface area contributed by atoms with E-state index in [-0.39, 0.29) is 33.8 Å². The number of halogens is 1. The summed E-state index contributed by atoms with van der Waals surface area (Å²) in [7, 11) is -2.85. The second-order valence-corrected chi connectivity index (χ2v) is 13.3. The van der Waals surface area contributed by atoms with E-state index in [4.69, 9.17) is 16.3 Å². The first-order chi connectivity index (χ1) is 19.1. The molecule has 0 fully saturated rings. The molecule has 0 radical (unpaired) electrons. The van der Waals surface area contributed by atoms with Crippen LogP contribution >= 0.6 is 11.6 Å². The molecular formula is C31H38ClN3O5S. The maximum Gasteiger partial charge on any atom is 0.264 e. The molecule has 0 aliphatic heterocycles. The summed E-state index contributed by atoms with van der Waals surface area (Å²) >= 11 is 6.29. The summed E-state index contributed by atoms with van der Waals surface area (Å²) in [5.41, 5.74) is 2.24. The lowest BCUT2D eigenvalue weighted by Gasteiger charge is -2.34. The molecular weight excluding hydrogens is 562 g/mol. The van der Waals surface area contributed by atoms with Gasteiger partial charge in [-0.3, -0.25) is 13.9 Å². The van der Waals surface area contributed by atoms with Gasteiger partial charge in [0.25, 0.3) is 10.0 Å². The minimum Gasteiger partial charge on any atom is -0.495 e. The average Bonchev–Trinajstić information content (AvgIpc) is 2.90. The van der Waals surface area contributed by atoms with E-state index in [1.54, 1.807) is 31.2 Å². The molecule has 8 nitrogen and oxygen atoms in total. The molecule has 0 spiro atoms. The smallest absolute Gasteiger partial charge is 0.264 e. The molecule has 0 saturated carbocycles. The van der Waals surface area contributed by atoms with Crippen LogP contribution in [0.3, 0.4) is 0 Å². The van der Waals surface area contributed by atoms with Gasteiger partial charge in [-0.15, -0.1) is 0 Å². The largest absolute Gasteiger partial charge is 0.495 e. The number of amides is 2. The molecule has 41 heavy (non-hydrogen) atoms. The number of nitrogens with one attached hydrogen (secondary N) is 1. The van der Waals surface area contributed by atoms with E-state index in [1.807, 2.05) is 58.9 Å². The van der Waals surface area contributed by atoms with Gasteiger partial charge in [0.2, 0.25) is 11.8 Å². The fraction of sp³-hybridized carbons (Fsp3) is 0.355. The molecule has 0 heterocycles. The van der Waals surface area contributed by atoms with Crippen molar-refractivity contribution in [1.82, 2.24) is 10.2 Å². The lowest BCUT2D eigenvalue weighted by atomic mass is 10.1. The number of hydrogen-bond acceptors (Lipinski definition) is 5. The normalized spacial score (nSPS) is 12.4. The minimum absolute atomic E-state index is 0.00177. The zero-order chi connectivity index (χ0) is 30.5. The molecule has 3 aromatic carbocycles. The van der Waals surface area contributed by atoms with Gasteiger partial charge in [0.1, 0.15) is 18.3 Å². The standard InChI is InChI=1S/C31H38ClN3O5S/c1-21-12-15-26(16-13-21)41(38,39)35(27-18-25(32)14-17-28(27)40-7)20-29(36)34(19-24-11-9-8-10-22(24)2)23(3)30(37)33-31(4,5)6/h8-18,23H,19-20H2,1-7H3,(H,33,37)/t23-/m1/s1. The van der Waals surface area contributed by atoms with E-state index in [0.29, 0.717) is 0 Å². The van der Waals surface area contributed by atoms with E-state index < -0.39 is 34.1 Å². The lowest BCUT2D eigenvalue weighted by molar-refractivity contribution is -0.140. The van der Waals surface area contributed by atoms with Gasteiger partial charge in [-0.05, 0) is 83.0 Å². The summed E-state index contributed by atoms with van der Waals surface area (Å²) < 4.78 is 34.6. The quantitative estimate of drug-likeness (QED) is 0.332. The molecule has 0 aliphatic carbocycles. The summed E-state index contributed by atoms with van der Waals surface area (Å²) in [5, 5.41) is 3.20. The van der Waals surface area contributed by atoms with Crippen LogP contribution < -0.4 is 14.4 Å². The third-order valence-corrected chi connectivity index (χ3v) is 8.57. The predicted molar refractivity (Wildman–Crippen MR) is 163 cm³/mol. The molecule has 1 atom stereocenters. The number of hydrogen-bond donors (Lipinski definition) is 1. The summed E-state index contributed by atoms with van der Waals surface area (Å²) in [6.07, 6.45) is 0. The fourth-order valence-electron chi connectivity index (χ4n) is 4.24. The molecule has 0 saturated heterocycles. The molecule has 0 bridgehead atoms. The van der Waals surface area contributed by atoms with Gasteiger partial charge in [0, 0.05) is 17.1 Å². The fourth-order valence-corrected chi connectivity index (χ4v) is 5.82. The van der Waals surface area contributed by atoms with E-state index in [0.717, 1.165) is 21.0 Å². The number of aryl methyl sites for hydroxylation is 2. The highest BCUT2D eigenvalue weighted by atomic mass is 35.5. The Morgan fingerprint density at radius 2 is 1.63 bits per heavy atom. The van der Waals surface area contributed by atoms with Gasteiger partial charge in [-0.25, -0.2) is 8.42 Å². The zero-order valence-corrected chi connectivity index (χ0v) is 26.1. The van der Waals surface area contributed by atoms with E-state index >= 15 is 0 Å². The number of benzene rings is 3. The van der Waals surface area contributed by atoms with Gasteiger partial charge in [-0.2, -0.15) is 0 Å². The van der Waals surface area contributed by atoms with Crippen molar-refractivity contribution < 1.29 is 22.7 Å². The Morgan fingerprint density at radius 1 is 1.00 bits per heavy atom. The Labute approximate surface area is 248 Å². The number of methoxy groups -OCH3 is 1. The van der Waals surface area contributed by atoms with E-state index in [9.17, 15) is 18.0 Å². The van der Waals surface area contributed by atoms with Crippen molar-refractivity contribution in [1.29, 1.82) is 0 Å². The van der Waals surface area contributed by atoms with Crippen LogP contribution in [0.15, 0.2) is 71.6 Å². The maximum atomic E-state index is 14.1. The summed E-state index contributed by atoms with van der Waals surface area (Å²) in [4.78, 5) is 28.8. The molecule has 0 aliphatic rings. The highest BCUT2D eigenvalue weighted by molar-refractivity contribution is 7.92. The van der Waals surface area contributed by atoms with Crippen LogP contribution in [0.4, 0.5) is 5.69 Å². The van der Waals surface area contributed by atoms with Crippen LogP contribution in [0, 0.1) is 13.8 Å². The SMILES string of the molecule is COc1ccc(Cl)cc1N(CC(=O)N(Cc1ccccc1C)[C@H](C)C(=O)NC(C)(C)C)S(=O)(=O)c1ccc(C)cc1. The monoisotopic (exact) mass is 599 g/mol. The Hall–Kier alpha value is -3.56. The third-order valence-electron chi connectivity index (χ3n) is 6.56. The van der Waals surface area contributed by atoms with Crippen LogP contribution in [-0.2, 0) is 26.2 Å². The Bertz CT molecular complexity index is 1500. The van der Waals surface area contributed by atoms with E-state index in [1.165, 1.54) is 30.2 Å². The predicted octanol–water partition coefficient (Wildman–Crippen LogP) is 5.49. The van der Waals surface area contributed by atoms with Crippen molar-refractivity contribution in [2.24, 2.45) is 0 Å². The molecule has 220 valence electrons. The van der Waals surface area contributed by atoms with Crippen LogP contribution in [0.1, 0.15) is 44.4 Å². The second kappa shape index (κ2) is 13.0. The van der Waals surface area contributed by atoms with Crippen LogP contribution in [-0.4, -0.2) is 50.4 Å². The first-order valence-electron chi connectivity index (χ1n) is 13.2. The van der Waals surface area contributed by atoms with Crippen molar-refractivity contribution in [3.8, 4) is 5.75 Å². The van der Waals surface area contributed by atoms with Gasteiger partial charge in [0.15, 0.2) is 0 Å². The first kappa shape index (κ1) is 32.0. The van der Waals surface area contributed by atoms with Crippen molar-refractivity contribution in [3.63, 3.8) is 0 Å². The van der Waals surface area contributed by atoms with Crippen molar-refractivity contribution in [2.75, 3.05) is 18.0 Å². The summed E-state index contributed by atoms with van der Waals surface area (Å²) in [5.74, 6) is -0.697. The molecule has 0 aromatic heterocycles. The molecule has 0 unspecified atom stereocenters. The molecule has 10 heteroatoms. The number of carbonyl (C=O) groups excluding carboxylic acids is 2. The van der Waals surface area contributed by atoms with Crippen LogP contribution in [0.25, 0.3) is 0 Å². The molecule has 3 aromatic rings. The molecule has 3 rings (SSSR count). The van der Waals surface area contributed by atoms with Crippen molar-refractivity contribution in [3.05, 3.63) is 88.4 Å². The topological polar surface area (TPSA) is 96.0 Å². The summed E-state index contributed by atoms with van der Waals surface area (Å²) in [6, 6.07) is 17.6. The number of rotatable bonds is 10. The van der Waals surface area contributed by atoms with Gasteiger partial charge < -0.3 is 15.0 Å². The minimum atomic E-state index is -4.26. The van der Waals surface area contributed by atoms with Gasteiger partial charge in [0.05, 0.1) is 17.7 Å². The van der Waals surface area contributed by atoms with Crippen molar-refractivity contribution in [2.45, 2.75) is 64.6 Å².